The number of hydrogen-bond acceptors (Lipinski definition) is 3. The van der Waals surface area contributed by atoms with Crippen molar-refractivity contribution in [3.63, 3.8) is 0 Å². The summed E-state index contributed by atoms with van der Waals surface area (Å²) in [6, 6.07) is 2.05. The van der Waals surface area contributed by atoms with Crippen molar-refractivity contribution in [2.24, 2.45) is 11.1 Å². The van der Waals surface area contributed by atoms with Crippen molar-refractivity contribution < 1.29 is 4.42 Å². The van der Waals surface area contributed by atoms with Gasteiger partial charge in [-0.15, -0.1) is 0 Å². The van der Waals surface area contributed by atoms with Crippen molar-refractivity contribution in [3.8, 4) is 0 Å². The first kappa shape index (κ1) is 10.7. The monoisotopic (exact) mass is 208 g/mol. The van der Waals surface area contributed by atoms with Crippen molar-refractivity contribution in [1.29, 1.82) is 0 Å². The molecule has 0 saturated heterocycles. The zero-order valence-corrected chi connectivity index (χ0v) is 9.62. The number of nitrogens with two attached hydrogens (primary N) is 1. The maximum Gasteiger partial charge on any atom is 0.105 e. The van der Waals surface area contributed by atoms with Crippen LogP contribution in [0.4, 0.5) is 0 Å². The van der Waals surface area contributed by atoms with E-state index in [9.17, 15) is 0 Å². The lowest BCUT2D eigenvalue weighted by molar-refractivity contribution is 0.258. The number of nitrogens with zero attached hydrogens (tertiary/aromatic N) is 1. The Labute approximate surface area is 91.2 Å². The van der Waals surface area contributed by atoms with Crippen molar-refractivity contribution in [2.45, 2.75) is 26.3 Å². The van der Waals surface area contributed by atoms with Gasteiger partial charge in [0.05, 0.1) is 6.26 Å². The smallest absolute Gasteiger partial charge is 0.105 e. The molecule has 0 radical (unpaired) electrons. The number of hydrogen-bond donors (Lipinski definition) is 1. The third-order valence-electron chi connectivity index (χ3n) is 3.40. The lowest BCUT2D eigenvalue weighted by Crippen LogP contribution is -2.31. The highest BCUT2D eigenvalue weighted by Crippen LogP contribution is 2.45. The topological polar surface area (TPSA) is 42.4 Å². The van der Waals surface area contributed by atoms with Crippen LogP contribution in [0, 0.1) is 12.3 Å². The van der Waals surface area contributed by atoms with Gasteiger partial charge in [0, 0.05) is 18.7 Å². The molecule has 0 aliphatic heterocycles. The van der Waals surface area contributed by atoms with E-state index in [2.05, 4.69) is 11.9 Å². The summed E-state index contributed by atoms with van der Waals surface area (Å²) < 4.78 is 5.29. The summed E-state index contributed by atoms with van der Waals surface area (Å²) in [6.45, 7) is 4.90. The summed E-state index contributed by atoms with van der Waals surface area (Å²) in [5, 5.41) is 0. The van der Waals surface area contributed by atoms with Gasteiger partial charge in [0.15, 0.2) is 0 Å². The standard InChI is InChI=1S/C12H20N2O/c1-10-11(3-6-15-10)7-14(2)9-12(8-13)4-5-12/h3,6H,4-5,7-9,13H2,1-2H3. The molecule has 0 atom stereocenters. The van der Waals surface area contributed by atoms with Crippen LogP contribution in [-0.2, 0) is 6.54 Å². The minimum Gasteiger partial charge on any atom is -0.469 e. The molecule has 2 N–H and O–H groups in total. The first-order chi connectivity index (χ1) is 7.15. The predicted molar refractivity (Wildman–Crippen MR) is 60.5 cm³/mol. The second-order valence-electron chi connectivity index (χ2n) is 4.88. The molecule has 84 valence electrons. The van der Waals surface area contributed by atoms with Gasteiger partial charge in [0.25, 0.3) is 0 Å². The van der Waals surface area contributed by atoms with Crippen LogP contribution < -0.4 is 5.73 Å². The quantitative estimate of drug-likeness (QED) is 0.801. The third-order valence-corrected chi connectivity index (χ3v) is 3.40. The van der Waals surface area contributed by atoms with Gasteiger partial charge in [0.1, 0.15) is 5.76 Å². The van der Waals surface area contributed by atoms with Crippen LogP contribution in [-0.4, -0.2) is 25.0 Å². The maximum atomic E-state index is 5.78. The number of rotatable bonds is 5. The summed E-state index contributed by atoms with van der Waals surface area (Å²) >= 11 is 0. The molecular weight excluding hydrogens is 188 g/mol. The molecule has 3 heteroatoms. The van der Waals surface area contributed by atoms with Crippen LogP contribution >= 0.6 is 0 Å². The lowest BCUT2D eigenvalue weighted by atomic mass is 10.1. The Hall–Kier alpha value is -0.800. The van der Waals surface area contributed by atoms with Gasteiger partial charge in [-0.2, -0.15) is 0 Å². The highest BCUT2D eigenvalue weighted by molar-refractivity contribution is 5.15. The van der Waals surface area contributed by atoms with E-state index in [0.717, 1.165) is 25.4 Å². The van der Waals surface area contributed by atoms with Crippen molar-refractivity contribution in [2.75, 3.05) is 20.1 Å². The van der Waals surface area contributed by atoms with E-state index in [-0.39, 0.29) is 0 Å². The second-order valence-corrected chi connectivity index (χ2v) is 4.88. The highest BCUT2D eigenvalue weighted by Gasteiger charge is 2.41. The molecule has 1 aromatic heterocycles. The van der Waals surface area contributed by atoms with Crippen LogP contribution in [0.3, 0.4) is 0 Å². The fraction of sp³-hybridized carbons (Fsp3) is 0.667. The Bertz CT molecular complexity index is 328. The average molecular weight is 208 g/mol. The molecule has 0 amide bonds. The Balaban J connectivity index is 1.87. The van der Waals surface area contributed by atoms with Crippen LogP contribution in [0.1, 0.15) is 24.2 Å². The molecule has 15 heavy (non-hydrogen) atoms. The molecule has 1 aromatic rings. The SMILES string of the molecule is Cc1occc1CN(C)CC1(CN)CC1. The van der Waals surface area contributed by atoms with Crippen LogP contribution in [0.25, 0.3) is 0 Å². The van der Waals surface area contributed by atoms with Gasteiger partial charge < -0.3 is 15.1 Å². The fourth-order valence-corrected chi connectivity index (χ4v) is 2.10. The van der Waals surface area contributed by atoms with Crippen molar-refractivity contribution in [1.82, 2.24) is 4.90 Å². The molecule has 1 aliphatic rings. The maximum absolute atomic E-state index is 5.78. The van der Waals surface area contributed by atoms with Gasteiger partial charge >= 0.3 is 0 Å². The Kier molecular flexibility index (Phi) is 2.85. The second kappa shape index (κ2) is 3.99. The van der Waals surface area contributed by atoms with E-state index in [1.807, 2.05) is 13.0 Å². The predicted octanol–water partition coefficient (Wildman–Crippen LogP) is 1.76. The number of aryl methyl sites for hydroxylation is 1. The highest BCUT2D eigenvalue weighted by atomic mass is 16.3. The Morgan fingerprint density at radius 1 is 1.53 bits per heavy atom. The Morgan fingerprint density at radius 2 is 2.27 bits per heavy atom. The largest absolute Gasteiger partial charge is 0.469 e. The molecule has 0 unspecified atom stereocenters. The summed E-state index contributed by atoms with van der Waals surface area (Å²) in [5.74, 6) is 1.03. The normalized spacial score (nSPS) is 18.4. The van der Waals surface area contributed by atoms with Gasteiger partial charge in [-0.3, -0.25) is 0 Å². The summed E-state index contributed by atoms with van der Waals surface area (Å²) in [6.07, 6.45) is 4.34. The van der Waals surface area contributed by atoms with Gasteiger partial charge in [0.2, 0.25) is 0 Å². The molecule has 1 fully saturated rings. The van der Waals surface area contributed by atoms with E-state index < -0.39 is 0 Å². The molecule has 0 aromatic carbocycles. The van der Waals surface area contributed by atoms with E-state index in [0.29, 0.717) is 5.41 Å². The molecule has 1 saturated carbocycles. The van der Waals surface area contributed by atoms with E-state index >= 15 is 0 Å². The molecule has 2 rings (SSSR count). The summed E-state index contributed by atoms with van der Waals surface area (Å²) in [5.41, 5.74) is 7.48. The minimum atomic E-state index is 0.423. The zero-order valence-electron chi connectivity index (χ0n) is 9.62. The summed E-state index contributed by atoms with van der Waals surface area (Å²) in [4.78, 5) is 2.34. The average Bonchev–Trinajstić information content (AvgIpc) is 2.86. The lowest BCUT2D eigenvalue weighted by Gasteiger charge is -2.22. The molecule has 0 spiro atoms. The molecule has 0 bridgehead atoms. The zero-order chi connectivity index (χ0) is 10.9. The van der Waals surface area contributed by atoms with Gasteiger partial charge in [-0.25, -0.2) is 0 Å². The molecule has 1 aliphatic carbocycles. The molecular formula is C12H20N2O. The molecule has 1 heterocycles. The fourth-order valence-electron chi connectivity index (χ4n) is 2.10. The summed E-state index contributed by atoms with van der Waals surface area (Å²) in [7, 11) is 2.15. The Morgan fingerprint density at radius 3 is 2.73 bits per heavy atom. The first-order valence-electron chi connectivity index (χ1n) is 5.57. The van der Waals surface area contributed by atoms with Crippen molar-refractivity contribution in [3.05, 3.63) is 23.7 Å². The van der Waals surface area contributed by atoms with E-state index in [1.54, 1.807) is 6.26 Å². The molecule has 3 nitrogen and oxygen atoms in total. The number of furan rings is 1. The van der Waals surface area contributed by atoms with Crippen molar-refractivity contribution >= 4 is 0 Å². The minimum absolute atomic E-state index is 0.423. The van der Waals surface area contributed by atoms with Gasteiger partial charge in [-0.05, 0) is 44.8 Å². The third kappa shape index (κ3) is 2.41. The van der Waals surface area contributed by atoms with Gasteiger partial charge in [-0.1, -0.05) is 0 Å². The van der Waals surface area contributed by atoms with Crippen LogP contribution in [0.15, 0.2) is 16.7 Å². The van der Waals surface area contributed by atoms with E-state index in [4.69, 9.17) is 10.2 Å². The first-order valence-corrected chi connectivity index (χ1v) is 5.57. The van der Waals surface area contributed by atoms with Crippen LogP contribution in [0.2, 0.25) is 0 Å². The van der Waals surface area contributed by atoms with Crippen LogP contribution in [0.5, 0.6) is 0 Å². The van der Waals surface area contributed by atoms with E-state index in [1.165, 1.54) is 18.4 Å².